The Morgan fingerprint density at radius 1 is 0.686 bits per heavy atom. The highest BCUT2D eigenvalue weighted by molar-refractivity contribution is 5.94. The third-order valence-corrected chi connectivity index (χ3v) is 5.97. The number of nitrogens with zero attached hydrogens (tertiary/aromatic N) is 2. The zero-order valence-electron chi connectivity index (χ0n) is 20.5. The molecule has 0 aliphatic carbocycles. The maximum Gasteiger partial charge on any atom is 0.156 e. The van der Waals surface area contributed by atoms with Crippen molar-refractivity contribution in [1.29, 1.82) is 0 Å². The van der Waals surface area contributed by atoms with Crippen LogP contribution in [0.2, 0.25) is 0 Å². The second-order valence-corrected chi connectivity index (χ2v) is 8.33. The molecule has 0 aromatic heterocycles. The van der Waals surface area contributed by atoms with E-state index in [0.717, 1.165) is 61.9 Å². The molecule has 35 heavy (non-hydrogen) atoms. The zero-order chi connectivity index (χ0) is 24.2. The van der Waals surface area contributed by atoms with E-state index in [1.807, 2.05) is 60.7 Å². The number of hydrogen-bond donors (Lipinski definition) is 0. The molecule has 0 spiro atoms. The van der Waals surface area contributed by atoms with Gasteiger partial charge in [0.15, 0.2) is 11.6 Å². The van der Waals surface area contributed by atoms with Gasteiger partial charge >= 0.3 is 0 Å². The summed E-state index contributed by atoms with van der Waals surface area (Å²) in [6.45, 7) is 5.22. The quantitative estimate of drug-likeness (QED) is 0.404. The van der Waals surface area contributed by atoms with Crippen molar-refractivity contribution in [3.8, 4) is 11.5 Å². The molecule has 1 fully saturated rings. The van der Waals surface area contributed by atoms with Crippen LogP contribution in [0.5, 0.6) is 11.5 Å². The zero-order valence-corrected chi connectivity index (χ0v) is 21.3. The molecule has 188 valence electrons. The van der Waals surface area contributed by atoms with Crippen molar-refractivity contribution in [2.24, 2.45) is 0 Å². The molecule has 2 aromatic carbocycles. The van der Waals surface area contributed by atoms with Crippen molar-refractivity contribution >= 4 is 36.1 Å². The Labute approximate surface area is 214 Å². The van der Waals surface area contributed by atoms with E-state index in [1.54, 1.807) is 26.4 Å². The minimum Gasteiger partial charge on any atom is -0.497 e. The lowest BCUT2D eigenvalue weighted by molar-refractivity contribution is -0.116. The number of hydrogen-bond acceptors (Lipinski definition) is 6. The van der Waals surface area contributed by atoms with Crippen molar-refractivity contribution in [2.45, 2.75) is 12.8 Å². The third kappa shape index (κ3) is 10.1. The van der Waals surface area contributed by atoms with Crippen LogP contribution < -0.4 is 9.47 Å². The van der Waals surface area contributed by atoms with E-state index >= 15 is 0 Å². The minimum absolute atomic E-state index is 0. The molecule has 0 amide bonds. The van der Waals surface area contributed by atoms with Crippen LogP contribution in [0, 0.1) is 0 Å². The van der Waals surface area contributed by atoms with E-state index < -0.39 is 0 Å². The van der Waals surface area contributed by atoms with Crippen LogP contribution in [-0.4, -0.2) is 74.9 Å². The first-order chi connectivity index (χ1) is 16.6. The van der Waals surface area contributed by atoms with Gasteiger partial charge in [-0.25, -0.2) is 0 Å². The summed E-state index contributed by atoms with van der Waals surface area (Å²) in [6.07, 6.45) is 8.04. The smallest absolute Gasteiger partial charge is 0.156 e. The molecule has 7 heteroatoms. The van der Waals surface area contributed by atoms with Gasteiger partial charge in [-0.05, 0) is 47.5 Å². The molecule has 3 rings (SSSR count). The molecule has 0 saturated carbocycles. The molecular formula is C28H35ClN2O4. The second kappa shape index (κ2) is 15.1. The number of ether oxygens (including phenoxy) is 2. The summed E-state index contributed by atoms with van der Waals surface area (Å²) in [6, 6.07) is 15.3. The topological polar surface area (TPSA) is 59.1 Å². The average Bonchev–Trinajstić information content (AvgIpc) is 2.89. The Bertz CT molecular complexity index is 898. The normalized spacial score (nSPS) is 14.7. The Morgan fingerprint density at radius 3 is 1.34 bits per heavy atom. The maximum absolute atomic E-state index is 12.2. The molecule has 0 atom stereocenters. The summed E-state index contributed by atoms with van der Waals surface area (Å²) < 4.78 is 10.3. The lowest BCUT2D eigenvalue weighted by Crippen LogP contribution is -2.47. The van der Waals surface area contributed by atoms with Crippen LogP contribution in [0.4, 0.5) is 0 Å². The predicted molar refractivity (Wildman–Crippen MR) is 143 cm³/mol. The van der Waals surface area contributed by atoms with Gasteiger partial charge in [0.05, 0.1) is 14.2 Å². The van der Waals surface area contributed by atoms with Crippen molar-refractivity contribution in [2.75, 3.05) is 53.5 Å². The largest absolute Gasteiger partial charge is 0.497 e. The SMILES string of the molecule is COc1ccc(C=CC(=O)CCN2CCN(CCC(=O)C=Cc3ccc(OC)cc3)CC2)cc1.Cl. The number of benzene rings is 2. The molecule has 0 radical (unpaired) electrons. The number of methoxy groups -OCH3 is 2. The average molecular weight is 499 g/mol. The molecule has 1 aliphatic rings. The summed E-state index contributed by atoms with van der Waals surface area (Å²) in [5, 5.41) is 0. The predicted octanol–water partition coefficient (Wildman–Crippen LogP) is 4.39. The third-order valence-electron chi connectivity index (χ3n) is 5.97. The number of rotatable bonds is 12. The van der Waals surface area contributed by atoms with Crippen LogP contribution in [0.3, 0.4) is 0 Å². The number of halogens is 1. The van der Waals surface area contributed by atoms with Gasteiger partial charge in [0.25, 0.3) is 0 Å². The molecule has 0 unspecified atom stereocenters. The number of carbonyl (C=O) groups excluding carboxylic acids is 2. The van der Waals surface area contributed by atoms with Crippen LogP contribution in [0.25, 0.3) is 12.2 Å². The number of allylic oxidation sites excluding steroid dienone is 2. The van der Waals surface area contributed by atoms with Crippen molar-refractivity contribution in [1.82, 2.24) is 9.80 Å². The van der Waals surface area contributed by atoms with Crippen molar-refractivity contribution < 1.29 is 19.1 Å². The molecule has 6 nitrogen and oxygen atoms in total. The second-order valence-electron chi connectivity index (χ2n) is 8.33. The van der Waals surface area contributed by atoms with Crippen LogP contribution in [0.1, 0.15) is 24.0 Å². The van der Waals surface area contributed by atoms with Crippen molar-refractivity contribution in [3.63, 3.8) is 0 Å². The fourth-order valence-corrected chi connectivity index (χ4v) is 3.75. The summed E-state index contributed by atoms with van der Waals surface area (Å²) in [5.74, 6) is 1.87. The van der Waals surface area contributed by atoms with Gasteiger partial charge in [-0.1, -0.05) is 36.4 Å². The van der Waals surface area contributed by atoms with Gasteiger partial charge in [-0.2, -0.15) is 0 Å². The molecule has 1 saturated heterocycles. The first-order valence-electron chi connectivity index (χ1n) is 11.7. The Hall–Kier alpha value is -2.93. The van der Waals surface area contributed by atoms with Crippen molar-refractivity contribution in [3.05, 3.63) is 71.8 Å². The van der Waals surface area contributed by atoms with Crippen LogP contribution >= 0.6 is 12.4 Å². The highest BCUT2D eigenvalue weighted by Crippen LogP contribution is 2.13. The van der Waals surface area contributed by atoms with E-state index in [9.17, 15) is 9.59 Å². The summed E-state index contributed by atoms with van der Waals surface area (Å²) >= 11 is 0. The lowest BCUT2D eigenvalue weighted by atomic mass is 10.1. The number of carbonyl (C=O) groups is 2. The fraction of sp³-hybridized carbons (Fsp3) is 0.357. The first-order valence-corrected chi connectivity index (χ1v) is 11.7. The molecule has 0 bridgehead atoms. The minimum atomic E-state index is 0. The van der Waals surface area contributed by atoms with Crippen LogP contribution in [0.15, 0.2) is 60.7 Å². The highest BCUT2D eigenvalue weighted by atomic mass is 35.5. The standard InChI is InChI=1S/C28H34N2O4.ClH/c1-33-27-11-5-23(6-12-27)3-9-25(31)15-17-29-19-21-30(22-20-29)18-16-26(32)10-4-24-7-13-28(34-2)14-8-24;/h3-14H,15-22H2,1-2H3;1H. The van der Waals surface area contributed by atoms with E-state index in [1.165, 1.54) is 0 Å². The highest BCUT2D eigenvalue weighted by Gasteiger charge is 2.17. The van der Waals surface area contributed by atoms with Gasteiger partial charge in [-0.3, -0.25) is 9.59 Å². The van der Waals surface area contributed by atoms with Gasteiger partial charge in [-0.15, -0.1) is 12.4 Å². The summed E-state index contributed by atoms with van der Waals surface area (Å²) in [4.78, 5) is 29.1. The van der Waals surface area contributed by atoms with E-state index in [0.29, 0.717) is 12.8 Å². The van der Waals surface area contributed by atoms with Gasteiger partial charge < -0.3 is 19.3 Å². The summed E-state index contributed by atoms with van der Waals surface area (Å²) in [7, 11) is 3.27. The Kier molecular flexibility index (Phi) is 12.2. The molecule has 2 aromatic rings. The number of ketones is 2. The van der Waals surface area contributed by atoms with Gasteiger partial charge in [0.2, 0.25) is 0 Å². The van der Waals surface area contributed by atoms with Gasteiger partial charge in [0.1, 0.15) is 11.5 Å². The van der Waals surface area contributed by atoms with E-state index in [4.69, 9.17) is 9.47 Å². The van der Waals surface area contributed by atoms with Gasteiger partial charge in [0, 0.05) is 52.1 Å². The maximum atomic E-state index is 12.2. The summed E-state index contributed by atoms with van der Waals surface area (Å²) in [5.41, 5.74) is 1.97. The molecular weight excluding hydrogens is 464 g/mol. The first kappa shape index (κ1) is 28.3. The van der Waals surface area contributed by atoms with Crippen LogP contribution in [-0.2, 0) is 9.59 Å². The number of piperazine rings is 1. The monoisotopic (exact) mass is 498 g/mol. The fourth-order valence-electron chi connectivity index (χ4n) is 3.75. The molecule has 1 aliphatic heterocycles. The Balaban J connectivity index is 0.00000432. The molecule has 0 N–H and O–H groups in total. The molecule has 1 heterocycles. The van der Waals surface area contributed by atoms with E-state index in [2.05, 4.69) is 9.80 Å². The Morgan fingerprint density at radius 2 is 1.03 bits per heavy atom. The lowest BCUT2D eigenvalue weighted by Gasteiger charge is -2.34. The van der Waals surface area contributed by atoms with E-state index in [-0.39, 0.29) is 24.0 Å².